The summed E-state index contributed by atoms with van der Waals surface area (Å²) in [6, 6.07) is 0. The Balaban J connectivity index is 1.70. The molecule has 2 aliphatic heterocycles. The molecule has 2 saturated heterocycles. The third-order valence-corrected chi connectivity index (χ3v) is 4.73. The van der Waals surface area contributed by atoms with Crippen molar-refractivity contribution < 1.29 is 14.3 Å². The van der Waals surface area contributed by atoms with Crippen LogP contribution in [-0.2, 0) is 14.3 Å². The molecule has 2 fully saturated rings. The lowest BCUT2D eigenvalue weighted by molar-refractivity contribution is -0.119. The van der Waals surface area contributed by atoms with Gasteiger partial charge in [-0.3, -0.25) is 9.79 Å². The van der Waals surface area contributed by atoms with Crippen LogP contribution in [0.2, 0.25) is 0 Å². The van der Waals surface area contributed by atoms with Crippen molar-refractivity contribution in [1.29, 1.82) is 0 Å². The van der Waals surface area contributed by atoms with Gasteiger partial charge in [0, 0.05) is 51.7 Å². The number of amides is 1. The van der Waals surface area contributed by atoms with Crippen LogP contribution in [0.4, 0.5) is 0 Å². The fraction of sp³-hybridized carbons (Fsp3) is 0.889. The summed E-state index contributed by atoms with van der Waals surface area (Å²) in [6.07, 6.45) is 4.65. The predicted molar refractivity (Wildman–Crippen MR) is 98.4 cm³/mol. The van der Waals surface area contributed by atoms with Gasteiger partial charge in [0.1, 0.15) is 0 Å². The first-order chi connectivity index (χ1) is 12.2. The molecule has 0 bridgehead atoms. The maximum atomic E-state index is 11.2. The van der Waals surface area contributed by atoms with Crippen molar-refractivity contribution >= 4 is 11.9 Å². The smallest absolute Gasteiger partial charge is 0.217 e. The summed E-state index contributed by atoms with van der Waals surface area (Å²) in [5.41, 5.74) is 5.35. The highest BCUT2D eigenvalue weighted by molar-refractivity contribution is 5.80. The zero-order valence-electron chi connectivity index (χ0n) is 15.5. The number of rotatable bonds is 9. The molecule has 0 aromatic carbocycles. The quantitative estimate of drug-likeness (QED) is 0.366. The molecule has 2 aliphatic rings. The maximum Gasteiger partial charge on any atom is 0.217 e. The number of nitrogens with one attached hydrogen (secondary N) is 1. The number of hydrogen-bond acceptors (Lipinski definition) is 4. The second-order valence-corrected chi connectivity index (χ2v) is 7.02. The molecule has 0 spiro atoms. The summed E-state index contributed by atoms with van der Waals surface area (Å²) < 4.78 is 11.1. The highest BCUT2D eigenvalue weighted by Gasteiger charge is 2.23. The molecule has 2 atom stereocenters. The van der Waals surface area contributed by atoms with Crippen LogP contribution in [0.3, 0.4) is 0 Å². The van der Waals surface area contributed by atoms with Crippen molar-refractivity contribution in [2.75, 3.05) is 52.6 Å². The van der Waals surface area contributed by atoms with Crippen LogP contribution in [0.15, 0.2) is 4.99 Å². The fourth-order valence-electron chi connectivity index (χ4n) is 3.45. The number of piperidine rings is 1. The van der Waals surface area contributed by atoms with E-state index >= 15 is 0 Å². The number of hydrogen-bond donors (Lipinski definition) is 2. The van der Waals surface area contributed by atoms with Crippen molar-refractivity contribution in [2.45, 2.75) is 39.0 Å². The van der Waals surface area contributed by atoms with Crippen molar-refractivity contribution in [1.82, 2.24) is 10.2 Å². The minimum atomic E-state index is -0.210. The topological polar surface area (TPSA) is 89.2 Å². The lowest BCUT2D eigenvalue weighted by atomic mass is 9.95. The monoisotopic (exact) mass is 354 g/mol. The van der Waals surface area contributed by atoms with Gasteiger partial charge in [-0.05, 0) is 38.5 Å². The zero-order chi connectivity index (χ0) is 17.9. The molecule has 0 radical (unpaired) electrons. The number of carbonyl (C=O) groups excluding carboxylic acids is 1. The minimum absolute atomic E-state index is 0.210. The Labute approximate surface area is 151 Å². The lowest BCUT2D eigenvalue weighted by Gasteiger charge is -2.34. The third-order valence-electron chi connectivity index (χ3n) is 4.73. The van der Waals surface area contributed by atoms with E-state index in [1.54, 1.807) is 0 Å². The zero-order valence-corrected chi connectivity index (χ0v) is 15.5. The van der Waals surface area contributed by atoms with Gasteiger partial charge in [0.25, 0.3) is 0 Å². The van der Waals surface area contributed by atoms with E-state index in [2.05, 4.69) is 17.1 Å². The molecule has 2 unspecified atom stereocenters. The second-order valence-electron chi connectivity index (χ2n) is 7.02. The number of nitrogens with zero attached hydrogens (tertiary/aromatic N) is 2. The predicted octanol–water partition coefficient (Wildman–Crippen LogP) is 0.983. The highest BCUT2D eigenvalue weighted by Crippen LogP contribution is 2.19. The van der Waals surface area contributed by atoms with E-state index in [9.17, 15) is 4.79 Å². The molecule has 0 aromatic heterocycles. The van der Waals surface area contributed by atoms with Gasteiger partial charge in [-0.25, -0.2) is 0 Å². The van der Waals surface area contributed by atoms with Gasteiger partial charge in [-0.15, -0.1) is 0 Å². The largest absolute Gasteiger partial charge is 0.381 e. The second kappa shape index (κ2) is 11.3. The van der Waals surface area contributed by atoms with E-state index in [-0.39, 0.29) is 5.91 Å². The molecule has 1 amide bonds. The van der Waals surface area contributed by atoms with Crippen LogP contribution in [0.25, 0.3) is 0 Å². The summed E-state index contributed by atoms with van der Waals surface area (Å²) >= 11 is 0. The molecule has 3 N–H and O–H groups in total. The van der Waals surface area contributed by atoms with Gasteiger partial charge in [0.15, 0.2) is 5.96 Å². The van der Waals surface area contributed by atoms with E-state index in [4.69, 9.17) is 20.2 Å². The fourth-order valence-corrected chi connectivity index (χ4v) is 3.45. The van der Waals surface area contributed by atoms with Crippen LogP contribution in [0.1, 0.15) is 39.0 Å². The summed E-state index contributed by atoms with van der Waals surface area (Å²) in [6.45, 7) is 8.75. The molecule has 2 rings (SSSR count). The summed E-state index contributed by atoms with van der Waals surface area (Å²) in [5, 5.41) is 3.36. The molecular weight excluding hydrogens is 320 g/mol. The Bertz CT molecular complexity index is 425. The van der Waals surface area contributed by atoms with Gasteiger partial charge in [0.05, 0.1) is 13.2 Å². The van der Waals surface area contributed by atoms with Gasteiger partial charge < -0.3 is 25.4 Å². The molecule has 2 heterocycles. The average molecular weight is 354 g/mol. The minimum Gasteiger partial charge on any atom is -0.381 e. The summed E-state index contributed by atoms with van der Waals surface area (Å²) in [4.78, 5) is 18.2. The highest BCUT2D eigenvalue weighted by atomic mass is 16.5. The van der Waals surface area contributed by atoms with Crippen molar-refractivity contribution in [2.24, 2.45) is 22.6 Å². The first-order valence-corrected chi connectivity index (χ1v) is 9.66. The Morgan fingerprint density at radius 2 is 2.28 bits per heavy atom. The number of primary amides is 1. The number of ether oxygens (including phenoxy) is 2. The van der Waals surface area contributed by atoms with E-state index in [1.165, 1.54) is 0 Å². The van der Waals surface area contributed by atoms with Crippen LogP contribution >= 0.6 is 0 Å². The van der Waals surface area contributed by atoms with Crippen LogP contribution < -0.4 is 11.1 Å². The Morgan fingerprint density at radius 3 is 3.00 bits per heavy atom. The van der Waals surface area contributed by atoms with E-state index in [1.807, 2.05) is 0 Å². The summed E-state index contributed by atoms with van der Waals surface area (Å²) in [5.74, 6) is 1.64. The number of aliphatic imine (C=N–C) groups is 1. The van der Waals surface area contributed by atoms with E-state index in [0.29, 0.717) is 18.3 Å². The number of likely N-dealkylation sites (tertiary alicyclic amines) is 1. The molecule has 144 valence electrons. The van der Waals surface area contributed by atoms with Crippen LogP contribution in [-0.4, -0.2) is 69.4 Å². The first-order valence-electron chi connectivity index (χ1n) is 9.66. The van der Waals surface area contributed by atoms with Gasteiger partial charge >= 0.3 is 0 Å². The van der Waals surface area contributed by atoms with Gasteiger partial charge in [-0.2, -0.15) is 0 Å². The number of guanidine groups is 1. The maximum absolute atomic E-state index is 11.2. The van der Waals surface area contributed by atoms with Crippen LogP contribution in [0, 0.1) is 11.8 Å². The molecule has 0 aliphatic carbocycles. The standard InChI is InChI=1S/C18H34N4O3/c1-2-20-18(22-8-3-5-15(12-22)11-17(19)23)21-7-4-9-24-13-16-6-10-25-14-16/h15-16H,2-14H2,1H3,(H2,19,23)(H,20,21). The van der Waals surface area contributed by atoms with E-state index in [0.717, 1.165) is 84.2 Å². The van der Waals surface area contributed by atoms with Crippen molar-refractivity contribution in [3.05, 3.63) is 0 Å². The third kappa shape index (κ3) is 7.61. The molecule has 7 heteroatoms. The Morgan fingerprint density at radius 1 is 1.40 bits per heavy atom. The molecule has 0 aromatic rings. The van der Waals surface area contributed by atoms with E-state index < -0.39 is 0 Å². The number of nitrogens with two attached hydrogens (primary N) is 1. The molecule has 0 saturated carbocycles. The number of carbonyl (C=O) groups is 1. The average Bonchev–Trinajstić information content (AvgIpc) is 3.10. The van der Waals surface area contributed by atoms with Crippen molar-refractivity contribution in [3.63, 3.8) is 0 Å². The molecule has 25 heavy (non-hydrogen) atoms. The SMILES string of the molecule is CCNC(=NCCCOCC1CCOC1)N1CCCC(CC(N)=O)C1. The van der Waals surface area contributed by atoms with Crippen molar-refractivity contribution in [3.8, 4) is 0 Å². The van der Waals surface area contributed by atoms with Crippen LogP contribution in [0.5, 0.6) is 0 Å². The first kappa shape index (κ1) is 20.0. The molecular formula is C18H34N4O3. The Hall–Kier alpha value is -1.34. The van der Waals surface area contributed by atoms with Gasteiger partial charge in [-0.1, -0.05) is 0 Å². The lowest BCUT2D eigenvalue weighted by Crippen LogP contribution is -2.47. The summed E-state index contributed by atoms with van der Waals surface area (Å²) in [7, 11) is 0. The van der Waals surface area contributed by atoms with Gasteiger partial charge in [0.2, 0.25) is 5.91 Å². The molecule has 7 nitrogen and oxygen atoms in total. The normalized spacial score (nSPS) is 24.5. The Kier molecular flexibility index (Phi) is 9.04.